The number of urea groups is 1. The molecule has 2 atom stereocenters. The van der Waals surface area contributed by atoms with Gasteiger partial charge < -0.3 is 20.1 Å². The molecular weight excluding hydrogens is 256 g/mol. The highest BCUT2D eigenvalue weighted by Crippen LogP contribution is 2.13. The minimum atomic E-state index is -0.148. The van der Waals surface area contributed by atoms with Gasteiger partial charge in [0.2, 0.25) is 0 Å². The van der Waals surface area contributed by atoms with Crippen molar-refractivity contribution in [3.05, 3.63) is 35.9 Å². The van der Waals surface area contributed by atoms with E-state index in [2.05, 4.69) is 5.32 Å². The van der Waals surface area contributed by atoms with Gasteiger partial charge in [-0.2, -0.15) is 0 Å². The summed E-state index contributed by atoms with van der Waals surface area (Å²) in [6.45, 7) is 3.42. The van der Waals surface area contributed by atoms with E-state index < -0.39 is 0 Å². The first-order valence-electron chi connectivity index (χ1n) is 7.02. The Hall–Kier alpha value is -1.59. The van der Waals surface area contributed by atoms with Gasteiger partial charge in [0.15, 0.2) is 0 Å². The van der Waals surface area contributed by atoms with E-state index in [9.17, 15) is 4.79 Å². The first kappa shape index (κ1) is 14.8. The number of nitrogens with zero attached hydrogens (tertiary/aromatic N) is 1. The van der Waals surface area contributed by atoms with Crippen molar-refractivity contribution in [3.8, 4) is 0 Å². The van der Waals surface area contributed by atoms with Crippen LogP contribution in [-0.2, 0) is 11.3 Å². The summed E-state index contributed by atoms with van der Waals surface area (Å²) >= 11 is 0. The first-order valence-corrected chi connectivity index (χ1v) is 7.02. The summed E-state index contributed by atoms with van der Waals surface area (Å²) in [5.41, 5.74) is 1.05. The van der Waals surface area contributed by atoms with Gasteiger partial charge in [-0.15, -0.1) is 0 Å². The van der Waals surface area contributed by atoms with Crippen molar-refractivity contribution in [2.24, 2.45) is 0 Å². The summed E-state index contributed by atoms with van der Waals surface area (Å²) in [4.78, 5) is 13.9. The Morgan fingerprint density at radius 2 is 2.20 bits per heavy atom. The minimum Gasteiger partial charge on any atom is -0.395 e. The fourth-order valence-electron chi connectivity index (χ4n) is 2.35. The molecule has 1 aliphatic rings. The Labute approximate surface area is 119 Å². The zero-order chi connectivity index (χ0) is 14.4. The summed E-state index contributed by atoms with van der Waals surface area (Å²) in [6.07, 6.45) is 0.886. The second-order valence-electron chi connectivity index (χ2n) is 5.05. The molecule has 2 rings (SSSR count). The molecule has 1 saturated heterocycles. The molecule has 1 heterocycles. The van der Waals surface area contributed by atoms with Crippen molar-refractivity contribution < 1.29 is 14.6 Å². The Morgan fingerprint density at radius 1 is 1.45 bits per heavy atom. The molecule has 1 aliphatic heterocycles. The van der Waals surface area contributed by atoms with E-state index in [1.807, 2.05) is 37.3 Å². The maximum absolute atomic E-state index is 12.3. The van der Waals surface area contributed by atoms with E-state index in [0.717, 1.165) is 12.0 Å². The van der Waals surface area contributed by atoms with Crippen molar-refractivity contribution >= 4 is 6.03 Å². The van der Waals surface area contributed by atoms with Crippen LogP contribution in [0.2, 0.25) is 0 Å². The summed E-state index contributed by atoms with van der Waals surface area (Å²) in [7, 11) is 0. The average molecular weight is 278 g/mol. The van der Waals surface area contributed by atoms with Crippen molar-refractivity contribution in [3.63, 3.8) is 0 Å². The van der Waals surface area contributed by atoms with Crippen LogP contribution in [0.1, 0.15) is 18.9 Å². The van der Waals surface area contributed by atoms with Gasteiger partial charge in [0, 0.05) is 19.7 Å². The number of amides is 2. The highest BCUT2D eigenvalue weighted by atomic mass is 16.5. The molecule has 0 bridgehead atoms. The van der Waals surface area contributed by atoms with E-state index in [0.29, 0.717) is 19.7 Å². The Kier molecular flexibility index (Phi) is 5.38. The lowest BCUT2D eigenvalue weighted by atomic mass is 10.1. The number of ether oxygens (including phenoxy) is 1. The fourth-order valence-corrected chi connectivity index (χ4v) is 2.35. The van der Waals surface area contributed by atoms with Crippen LogP contribution in [0.15, 0.2) is 30.3 Å². The SMILES string of the molecule is CC1OCCC1NC(=O)N(CCO)Cc1ccccc1. The molecule has 5 heteroatoms. The first-order chi connectivity index (χ1) is 9.70. The van der Waals surface area contributed by atoms with E-state index in [1.165, 1.54) is 0 Å². The highest BCUT2D eigenvalue weighted by Gasteiger charge is 2.27. The van der Waals surface area contributed by atoms with Gasteiger partial charge in [-0.05, 0) is 18.9 Å². The number of aliphatic hydroxyl groups excluding tert-OH is 1. The van der Waals surface area contributed by atoms with Crippen LogP contribution in [0.3, 0.4) is 0 Å². The van der Waals surface area contributed by atoms with Crippen LogP contribution in [-0.4, -0.2) is 47.9 Å². The number of nitrogens with one attached hydrogen (secondary N) is 1. The maximum Gasteiger partial charge on any atom is 0.318 e. The van der Waals surface area contributed by atoms with Gasteiger partial charge in [-0.25, -0.2) is 4.79 Å². The molecule has 2 amide bonds. The van der Waals surface area contributed by atoms with Crippen LogP contribution in [0.5, 0.6) is 0 Å². The second-order valence-corrected chi connectivity index (χ2v) is 5.05. The molecule has 110 valence electrons. The zero-order valence-electron chi connectivity index (χ0n) is 11.8. The molecule has 0 aliphatic carbocycles. The lowest BCUT2D eigenvalue weighted by molar-refractivity contribution is 0.111. The lowest BCUT2D eigenvalue weighted by Crippen LogP contribution is -2.47. The van der Waals surface area contributed by atoms with Crippen LogP contribution in [0, 0.1) is 0 Å². The summed E-state index contributed by atoms with van der Waals surface area (Å²) < 4.78 is 5.44. The summed E-state index contributed by atoms with van der Waals surface area (Å²) in [5.74, 6) is 0. The highest BCUT2D eigenvalue weighted by molar-refractivity contribution is 5.74. The van der Waals surface area contributed by atoms with Gasteiger partial charge in [0.25, 0.3) is 0 Å². The predicted molar refractivity (Wildman–Crippen MR) is 76.3 cm³/mol. The number of carbonyl (C=O) groups excluding carboxylic acids is 1. The molecule has 2 unspecified atom stereocenters. The molecule has 1 fully saturated rings. The molecule has 0 aromatic heterocycles. The Balaban J connectivity index is 1.95. The standard InChI is InChI=1S/C15H22N2O3/c1-12-14(7-10-20-12)16-15(19)17(8-9-18)11-13-5-3-2-4-6-13/h2-6,12,14,18H,7-11H2,1H3,(H,16,19). The largest absolute Gasteiger partial charge is 0.395 e. The van der Waals surface area contributed by atoms with E-state index in [4.69, 9.17) is 9.84 Å². The molecule has 1 aromatic rings. The second kappa shape index (κ2) is 7.26. The van der Waals surface area contributed by atoms with Crippen LogP contribution < -0.4 is 5.32 Å². The summed E-state index contributed by atoms with van der Waals surface area (Å²) in [6, 6.07) is 9.67. The monoisotopic (exact) mass is 278 g/mol. The van der Waals surface area contributed by atoms with E-state index in [-0.39, 0.29) is 24.8 Å². The van der Waals surface area contributed by atoms with Crippen molar-refractivity contribution in [1.82, 2.24) is 10.2 Å². The smallest absolute Gasteiger partial charge is 0.318 e. The molecule has 0 radical (unpaired) electrons. The maximum atomic E-state index is 12.3. The van der Waals surface area contributed by atoms with Crippen LogP contribution in [0.25, 0.3) is 0 Å². The van der Waals surface area contributed by atoms with Gasteiger partial charge in [0.1, 0.15) is 0 Å². The van der Waals surface area contributed by atoms with Gasteiger partial charge in [-0.3, -0.25) is 0 Å². The Morgan fingerprint density at radius 3 is 2.80 bits per heavy atom. The lowest BCUT2D eigenvalue weighted by Gasteiger charge is -2.25. The predicted octanol–water partition coefficient (Wildman–Crippen LogP) is 1.37. The molecular formula is C15H22N2O3. The number of rotatable bonds is 5. The third-order valence-electron chi connectivity index (χ3n) is 3.56. The molecule has 0 saturated carbocycles. The molecule has 20 heavy (non-hydrogen) atoms. The van der Waals surface area contributed by atoms with Gasteiger partial charge in [0.05, 0.1) is 18.8 Å². The number of benzene rings is 1. The molecule has 0 spiro atoms. The van der Waals surface area contributed by atoms with Crippen molar-refractivity contribution in [2.75, 3.05) is 19.8 Å². The minimum absolute atomic E-state index is 0.0447. The topological polar surface area (TPSA) is 61.8 Å². The number of carbonyl (C=O) groups is 1. The number of aliphatic hydroxyl groups is 1. The number of hydrogen-bond donors (Lipinski definition) is 2. The zero-order valence-corrected chi connectivity index (χ0v) is 11.8. The summed E-state index contributed by atoms with van der Waals surface area (Å²) in [5, 5.41) is 12.1. The quantitative estimate of drug-likeness (QED) is 0.855. The van der Waals surface area contributed by atoms with Gasteiger partial charge in [-0.1, -0.05) is 30.3 Å². The van der Waals surface area contributed by atoms with E-state index >= 15 is 0 Å². The Bertz CT molecular complexity index is 424. The average Bonchev–Trinajstić information content (AvgIpc) is 2.85. The van der Waals surface area contributed by atoms with Crippen molar-refractivity contribution in [1.29, 1.82) is 0 Å². The van der Waals surface area contributed by atoms with Crippen molar-refractivity contribution in [2.45, 2.75) is 32.0 Å². The third kappa shape index (κ3) is 3.95. The third-order valence-corrected chi connectivity index (χ3v) is 3.56. The fraction of sp³-hybridized carbons (Fsp3) is 0.533. The van der Waals surface area contributed by atoms with Crippen LogP contribution >= 0.6 is 0 Å². The van der Waals surface area contributed by atoms with Crippen LogP contribution in [0.4, 0.5) is 4.79 Å². The van der Waals surface area contributed by atoms with E-state index in [1.54, 1.807) is 4.90 Å². The molecule has 2 N–H and O–H groups in total. The number of hydrogen-bond acceptors (Lipinski definition) is 3. The van der Waals surface area contributed by atoms with Gasteiger partial charge >= 0.3 is 6.03 Å². The normalized spacial score (nSPS) is 21.7. The molecule has 1 aromatic carbocycles. The molecule has 5 nitrogen and oxygen atoms in total.